The van der Waals surface area contributed by atoms with Gasteiger partial charge in [0.05, 0.1) is 11.4 Å². The molecule has 0 aliphatic rings. The number of benzene rings is 1. The van der Waals surface area contributed by atoms with Gasteiger partial charge in [-0.3, -0.25) is 4.79 Å². The summed E-state index contributed by atoms with van der Waals surface area (Å²) in [5.41, 5.74) is 12.6. The summed E-state index contributed by atoms with van der Waals surface area (Å²) >= 11 is 0. The Balaban J connectivity index is 2.79. The number of allylic oxidation sites excluding steroid dienone is 1. The average Bonchev–Trinajstić information content (AvgIpc) is 2.20. The lowest BCUT2D eigenvalue weighted by Gasteiger charge is -2.07. The molecular formula is C11H15N3O. The van der Waals surface area contributed by atoms with Crippen LogP contribution in [0.25, 0.3) is 0 Å². The number of amides is 1. The predicted molar refractivity (Wildman–Crippen MR) is 62.7 cm³/mol. The van der Waals surface area contributed by atoms with Crippen molar-refractivity contribution in [3.63, 3.8) is 0 Å². The molecular weight excluding hydrogens is 190 g/mol. The van der Waals surface area contributed by atoms with Gasteiger partial charge in [-0.25, -0.2) is 0 Å². The van der Waals surface area contributed by atoms with Crippen LogP contribution < -0.4 is 16.8 Å². The monoisotopic (exact) mass is 205 g/mol. The van der Waals surface area contributed by atoms with E-state index < -0.39 is 5.91 Å². The summed E-state index contributed by atoms with van der Waals surface area (Å²) in [7, 11) is 0. The smallest absolute Gasteiger partial charge is 0.248 e. The minimum atomic E-state index is -0.471. The molecule has 0 heterocycles. The van der Waals surface area contributed by atoms with E-state index >= 15 is 0 Å². The number of hydrogen-bond acceptors (Lipinski definition) is 3. The first-order chi connectivity index (χ1) is 7.15. The molecule has 4 nitrogen and oxygen atoms in total. The fraction of sp³-hybridized carbons (Fsp3) is 0.182. The van der Waals surface area contributed by atoms with E-state index in [-0.39, 0.29) is 0 Å². The normalized spacial score (nSPS) is 10.5. The highest BCUT2D eigenvalue weighted by Gasteiger charge is 2.03. The van der Waals surface area contributed by atoms with Crippen molar-refractivity contribution in [1.29, 1.82) is 0 Å². The molecule has 0 atom stereocenters. The molecule has 1 aromatic rings. The maximum Gasteiger partial charge on any atom is 0.248 e. The molecule has 0 aliphatic carbocycles. The number of carbonyl (C=O) groups excluding carboxylic acids is 1. The van der Waals surface area contributed by atoms with Crippen LogP contribution in [0.4, 0.5) is 11.4 Å². The van der Waals surface area contributed by atoms with Crippen molar-refractivity contribution in [2.24, 2.45) is 5.73 Å². The molecule has 0 bridgehead atoms. The molecule has 80 valence electrons. The Morgan fingerprint density at radius 2 is 2.27 bits per heavy atom. The standard InChI is InChI=1S/C11H15N3O/c1-2-3-6-14-10-5-4-8(11(13)15)7-9(10)12/h2-5,7,14H,6,12H2,1H3,(H2,13,15)/b3-2+. The number of nitrogens with one attached hydrogen (secondary N) is 1. The maximum absolute atomic E-state index is 10.9. The fourth-order valence-corrected chi connectivity index (χ4v) is 1.16. The van der Waals surface area contributed by atoms with E-state index in [1.165, 1.54) is 0 Å². The zero-order chi connectivity index (χ0) is 11.3. The van der Waals surface area contributed by atoms with E-state index in [2.05, 4.69) is 5.32 Å². The fourth-order valence-electron chi connectivity index (χ4n) is 1.16. The summed E-state index contributed by atoms with van der Waals surface area (Å²) in [5, 5.41) is 3.12. The summed E-state index contributed by atoms with van der Waals surface area (Å²) < 4.78 is 0. The molecule has 1 rings (SSSR count). The molecule has 0 radical (unpaired) electrons. The molecule has 0 aliphatic heterocycles. The highest BCUT2D eigenvalue weighted by Crippen LogP contribution is 2.19. The van der Waals surface area contributed by atoms with Crippen LogP contribution in [0.2, 0.25) is 0 Å². The van der Waals surface area contributed by atoms with Crippen LogP contribution in [0, 0.1) is 0 Å². The number of rotatable bonds is 4. The lowest BCUT2D eigenvalue weighted by molar-refractivity contribution is 0.100. The quantitative estimate of drug-likeness (QED) is 0.512. The van der Waals surface area contributed by atoms with Gasteiger partial charge in [0, 0.05) is 12.1 Å². The number of carbonyl (C=O) groups is 1. The van der Waals surface area contributed by atoms with Crippen molar-refractivity contribution >= 4 is 17.3 Å². The Morgan fingerprint density at radius 3 is 2.80 bits per heavy atom. The third-order valence-electron chi connectivity index (χ3n) is 1.98. The number of hydrogen-bond donors (Lipinski definition) is 3. The van der Waals surface area contributed by atoms with Crippen LogP contribution in [-0.2, 0) is 0 Å². The Labute approximate surface area is 89.0 Å². The topological polar surface area (TPSA) is 81.1 Å². The van der Waals surface area contributed by atoms with Gasteiger partial charge in [-0.1, -0.05) is 12.2 Å². The van der Waals surface area contributed by atoms with Gasteiger partial charge in [0.25, 0.3) is 0 Å². The lowest BCUT2D eigenvalue weighted by atomic mass is 10.1. The van der Waals surface area contributed by atoms with Crippen molar-refractivity contribution < 1.29 is 4.79 Å². The first-order valence-corrected chi connectivity index (χ1v) is 4.69. The Hall–Kier alpha value is -1.97. The molecule has 0 spiro atoms. The van der Waals surface area contributed by atoms with Gasteiger partial charge in [-0.2, -0.15) is 0 Å². The summed E-state index contributed by atoms with van der Waals surface area (Å²) in [6.07, 6.45) is 3.92. The molecule has 0 saturated carbocycles. The molecule has 1 amide bonds. The first-order valence-electron chi connectivity index (χ1n) is 4.69. The average molecular weight is 205 g/mol. The minimum Gasteiger partial charge on any atom is -0.397 e. The van der Waals surface area contributed by atoms with Crippen molar-refractivity contribution in [3.05, 3.63) is 35.9 Å². The van der Waals surface area contributed by atoms with E-state index in [0.29, 0.717) is 17.8 Å². The van der Waals surface area contributed by atoms with Crippen molar-refractivity contribution in [2.75, 3.05) is 17.6 Å². The first kappa shape index (κ1) is 11.1. The van der Waals surface area contributed by atoms with E-state index in [1.54, 1.807) is 18.2 Å². The van der Waals surface area contributed by atoms with Gasteiger partial charge >= 0.3 is 0 Å². The summed E-state index contributed by atoms with van der Waals surface area (Å²) in [5.74, 6) is -0.471. The maximum atomic E-state index is 10.9. The second-order valence-electron chi connectivity index (χ2n) is 3.12. The largest absolute Gasteiger partial charge is 0.397 e. The second-order valence-corrected chi connectivity index (χ2v) is 3.12. The highest BCUT2D eigenvalue weighted by molar-refractivity contribution is 5.94. The zero-order valence-electron chi connectivity index (χ0n) is 8.66. The van der Waals surface area contributed by atoms with Crippen LogP contribution in [0.1, 0.15) is 17.3 Å². The van der Waals surface area contributed by atoms with Gasteiger partial charge < -0.3 is 16.8 Å². The Morgan fingerprint density at radius 1 is 1.53 bits per heavy atom. The molecule has 5 N–H and O–H groups in total. The molecule has 0 aromatic heterocycles. The Bertz CT molecular complexity index is 385. The van der Waals surface area contributed by atoms with Crippen LogP contribution in [0.5, 0.6) is 0 Å². The van der Waals surface area contributed by atoms with E-state index in [0.717, 1.165) is 5.69 Å². The molecule has 0 saturated heterocycles. The van der Waals surface area contributed by atoms with Crippen LogP contribution in [-0.4, -0.2) is 12.5 Å². The molecule has 1 aromatic carbocycles. The summed E-state index contributed by atoms with van der Waals surface area (Å²) in [4.78, 5) is 10.9. The number of primary amides is 1. The van der Waals surface area contributed by atoms with Crippen molar-refractivity contribution in [1.82, 2.24) is 0 Å². The van der Waals surface area contributed by atoms with Gasteiger partial charge in [-0.15, -0.1) is 0 Å². The molecule has 0 fully saturated rings. The second kappa shape index (κ2) is 5.05. The third kappa shape index (κ3) is 3.02. The van der Waals surface area contributed by atoms with Gasteiger partial charge in [0.1, 0.15) is 0 Å². The zero-order valence-corrected chi connectivity index (χ0v) is 8.66. The van der Waals surface area contributed by atoms with Gasteiger partial charge in [0.2, 0.25) is 5.91 Å². The molecule has 0 unspecified atom stereocenters. The summed E-state index contributed by atoms with van der Waals surface area (Å²) in [6.45, 7) is 2.65. The Kier molecular flexibility index (Phi) is 3.74. The lowest BCUT2D eigenvalue weighted by Crippen LogP contribution is -2.12. The number of nitrogens with two attached hydrogens (primary N) is 2. The van der Waals surface area contributed by atoms with Crippen LogP contribution in [0.15, 0.2) is 30.4 Å². The van der Waals surface area contributed by atoms with Gasteiger partial charge in [-0.05, 0) is 25.1 Å². The SMILES string of the molecule is C/C=C/CNc1ccc(C(N)=O)cc1N. The minimum absolute atomic E-state index is 0.420. The molecule has 4 heteroatoms. The van der Waals surface area contributed by atoms with Gasteiger partial charge in [0.15, 0.2) is 0 Å². The molecule has 15 heavy (non-hydrogen) atoms. The summed E-state index contributed by atoms with van der Waals surface area (Å²) in [6, 6.07) is 4.97. The van der Waals surface area contributed by atoms with Crippen molar-refractivity contribution in [2.45, 2.75) is 6.92 Å². The number of anilines is 2. The number of nitrogen functional groups attached to an aromatic ring is 1. The van der Waals surface area contributed by atoms with E-state index in [4.69, 9.17) is 11.5 Å². The van der Waals surface area contributed by atoms with Crippen LogP contribution in [0.3, 0.4) is 0 Å². The van der Waals surface area contributed by atoms with Crippen LogP contribution >= 0.6 is 0 Å². The van der Waals surface area contributed by atoms with E-state index in [1.807, 2.05) is 19.1 Å². The highest BCUT2D eigenvalue weighted by atomic mass is 16.1. The predicted octanol–water partition coefficient (Wildman–Crippen LogP) is 1.36. The van der Waals surface area contributed by atoms with Crippen molar-refractivity contribution in [3.8, 4) is 0 Å². The van der Waals surface area contributed by atoms with E-state index in [9.17, 15) is 4.79 Å². The third-order valence-corrected chi connectivity index (χ3v) is 1.98.